The number of hydrogen-bond donors (Lipinski definition) is 2. The maximum absolute atomic E-state index is 8.72. The lowest BCUT2D eigenvalue weighted by Crippen LogP contribution is -2.22. The molecule has 0 bridgehead atoms. The van der Waals surface area contributed by atoms with Crippen molar-refractivity contribution in [2.24, 2.45) is 7.05 Å². The lowest BCUT2D eigenvalue weighted by atomic mass is 10.2. The molecule has 0 saturated heterocycles. The van der Waals surface area contributed by atoms with Crippen LogP contribution in [0.4, 0.5) is 11.5 Å². The second kappa shape index (κ2) is 6.49. The first kappa shape index (κ1) is 13.8. The molecule has 17 heavy (non-hydrogen) atoms. The third-order valence-electron chi connectivity index (χ3n) is 2.98. The zero-order chi connectivity index (χ0) is 12.8. The molecule has 3 N–H and O–H groups in total. The number of anilines is 2. The number of rotatable bonds is 7. The van der Waals surface area contributed by atoms with Gasteiger partial charge in [0.2, 0.25) is 0 Å². The van der Waals surface area contributed by atoms with Crippen molar-refractivity contribution in [3.05, 3.63) is 5.69 Å². The van der Waals surface area contributed by atoms with Crippen molar-refractivity contribution in [3.63, 3.8) is 0 Å². The molecular formula is C12H24N4O. The maximum Gasteiger partial charge on any atom is 0.150 e. The highest BCUT2D eigenvalue weighted by Gasteiger charge is 2.15. The Balaban J connectivity index is 2.62. The van der Waals surface area contributed by atoms with Crippen LogP contribution in [0.2, 0.25) is 0 Å². The van der Waals surface area contributed by atoms with Gasteiger partial charge in [-0.1, -0.05) is 6.92 Å². The molecule has 0 aromatic carbocycles. The minimum absolute atomic E-state index is 0.275. The molecule has 0 amide bonds. The zero-order valence-corrected chi connectivity index (χ0v) is 11.1. The first-order chi connectivity index (χ1) is 8.11. The van der Waals surface area contributed by atoms with E-state index in [0.29, 0.717) is 0 Å². The van der Waals surface area contributed by atoms with E-state index in [0.717, 1.165) is 49.4 Å². The fraction of sp³-hybridized carbons (Fsp3) is 0.750. The van der Waals surface area contributed by atoms with Crippen LogP contribution in [0.5, 0.6) is 0 Å². The van der Waals surface area contributed by atoms with Crippen LogP contribution in [0.3, 0.4) is 0 Å². The van der Waals surface area contributed by atoms with E-state index in [9.17, 15) is 0 Å². The van der Waals surface area contributed by atoms with E-state index in [1.807, 2.05) is 18.8 Å². The van der Waals surface area contributed by atoms with Gasteiger partial charge in [0.05, 0.1) is 11.4 Å². The molecule has 0 radical (unpaired) electrons. The first-order valence-electron chi connectivity index (χ1n) is 6.25. The van der Waals surface area contributed by atoms with Gasteiger partial charge >= 0.3 is 0 Å². The Bertz CT molecular complexity index is 349. The molecule has 0 saturated carbocycles. The fourth-order valence-corrected chi connectivity index (χ4v) is 2.04. The minimum atomic E-state index is 0.275. The summed E-state index contributed by atoms with van der Waals surface area (Å²) in [6, 6.07) is 0. The third-order valence-corrected chi connectivity index (χ3v) is 2.98. The van der Waals surface area contributed by atoms with Crippen molar-refractivity contribution in [2.45, 2.75) is 32.6 Å². The van der Waals surface area contributed by atoms with Gasteiger partial charge in [0.1, 0.15) is 5.82 Å². The Morgan fingerprint density at radius 3 is 2.59 bits per heavy atom. The van der Waals surface area contributed by atoms with E-state index in [1.54, 1.807) is 0 Å². The predicted molar refractivity (Wildman–Crippen MR) is 71.2 cm³/mol. The molecule has 1 aromatic heterocycles. The maximum atomic E-state index is 8.72. The van der Waals surface area contributed by atoms with Gasteiger partial charge in [-0.25, -0.2) is 0 Å². The van der Waals surface area contributed by atoms with Crippen molar-refractivity contribution in [2.75, 3.05) is 30.8 Å². The monoisotopic (exact) mass is 240 g/mol. The summed E-state index contributed by atoms with van der Waals surface area (Å²) in [4.78, 5) is 2.14. The molecule has 5 nitrogen and oxygen atoms in total. The molecule has 0 atom stereocenters. The molecule has 5 heteroatoms. The van der Waals surface area contributed by atoms with Crippen LogP contribution in [-0.4, -0.2) is 35.1 Å². The lowest BCUT2D eigenvalue weighted by Gasteiger charge is -2.19. The third kappa shape index (κ3) is 3.36. The molecule has 1 rings (SSSR count). The molecule has 0 aliphatic rings. The van der Waals surface area contributed by atoms with E-state index in [1.165, 1.54) is 0 Å². The van der Waals surface area contributed by atoms with E-state index < -0.39 is 0 Å². The summed E-state index contributed by atoms with van der Waals surface area (Å²) in [5.74, 6) is 0.992. The standard InChI is InChI=1S/C12H24N4O/c1-4-10-11(13)12(16(3)14-10)15(2)8-6-5-7-9-17/h17H,4-9,13H2,1-3H3. The molecule has 0 fully saturated rings. The van der Waals surface area contributed by atoms with Gasteiger partial charge in [-0.2, -0.15) is 5.10 Å². The highest BCUT2D eigenvalue weighted by atomic mass is 16.2. The molecule has 0 unspecified atom stereocenters. The number of nitrogens with zero attached hydrogens (tertiary/aromatic N) is 3. The average molecular weight is 240 g/mol. The number of aromatic nitrogens is 2. The summed E-state index contributed by atoms with van der Waals surface area (Å²) in [7, 11) is 3.96. The normalized spacial score (nSPS) is 10.8. The van der Waals surface area contributed by atoms with Crippen LogP contribution >= 0.6 is 0 Å². The quantitative estimate of drug-likeness (QED) is 0.702. The van der Waals surface area contributed by atoms with Crippen LogP contribution < -0.4 is 10.6 Å². The summed E-state index contributed by atoms with van der Waals surface area (Å²) in [5, 5.41) is 13.1. The van der Waals surface area contributed by atoms with Gasteiger partial charge in [0.15, 0.2) is 0 Å². The number of aliphatic hydroxyl groups is 1. The lowest BCUT2D eigenvalue weighted by molar-refractivity contribution is 0.283. The van der Waals surface area contributed by atoms with Gasteiger partial charge in [-0.05, 0) is 25.7 Å². The van der Waals surface area contributed by atoms with Crippen molar-refractivity contribution in [1.82, 2.24) is 9.78 Å². The Hall–Kier alpha value is -1.23. The second-order valence-corrected chi connectivity index (χ2v) is 4.37. The predicted octanol–water partition coefficient (Wildman–Crippen LogP) is 1.16. The number of nitrogen functional groups attached to an aromatic ring is 1. The number of unbranched alkanes of at least 4 members (excludes halogenated alkanes) is 2. The van der Waals surface area contributed by atoms with E-state index in [2.05, 4.69) is 16.9 Å². The van der Waals surface area contributed by atoms with Crippen molar-refractivity contribution < 1.29 is 5.11 Å². The number of aryl methyl sites for hydroxylation is 2. The molecule has 0 aliphatic heterocycles. The summed E-state index contributed by atoms with van der Waals surface area (Å²) in [5.41, 5.74) is 7.84. The van der Waals surface area contributed by atoms with Crippen molar-refractivity contribution >= 4 is 11.5 Å². The molecular weight excluding hydrogens is 216 g/mol. The molecule has 1 heterocycles. The molecule has 0 aliphatic carbocycles. The van der Waals surface area contributed by atoms with Gasteiger partial charge < -0.3 is 15.7 Å². The average Bonchev–Trinajstić information content (AvgIpc) is 2.59. The summed E-state index contributed by atoms with van der Waals surface area (Å²) >= 11 is 0. The highest BCUT2D eigenvalue weighted by Crippen LogP contribution is 2.25. The Morgan fingerprint density at radius 2 is 2.06 bits per heavy atom. The van der Waals surface area contributed by atoms with Crippen LogP contribution in [0, 0.1) is 0 Å². The number of nitrogens with two attached hydrogens (primary N) is 1. The van der Waals surface area contributed by atoms with Crippen molar-refractivity contribution in [1.29, 1.82) is 0 Å². The van der Waals surface area contributed by atoms with E-state index >= 15 is 0 Å². The number of aliphatic hydroxyl groups excluding tert-OH is 1. The van der Waals surface area contributed by atoms with Gasteiger partial charge in [-0.3, -0.25) is 4.68 Å². The van der Waals surface area contributed by atoms with E-state index in [-0.39, 0.29) is 6.61 Å². The SMILES string of the molecule is CCc1nn(C)c(N(C)CCCCCO)c1N. The van der Waals surface area contributed by atoms with Gasteiger partial charge in [-0.15, -0.1) is 0 Å². The Morgan fingerprint density at radius 1 is 1.35 bits per heavy atom. The van der Waals surface area contributed by atoms with Crippen LogP contribution in [0.15, 0.2) is 0 Å². The summed E-state index contributed by atoms with van der Waals surface area (Å²) in [6.07, 6.45) is 3.83. The highest BCUT2D eigenvalue weighted by molar-refractivity contribution is 5.66. The largest absolute Gasteiger partial charge is 0.396 e. The fourth-order valence-electron chi connectivity index (χ4n) is 2.04. The van der Waals surface area contributed by atoms with Crippen LogP contribution in [0.1, 0.15) is 31.9 Å². The molecule has 1 aromatic rings. The molecule has 98 valence electrons. The summed E-state index contributed by atoms with van der Waals surface area (Å²) < 4.78 is 1.85. The Kier molecular flexibility index (Phi) is 5.28. The first-order valence-corrected chi connectivity index (χ1v) is 6.25. The molecule has 0 spiro atoms. The van der Waals surface area contributed by atoms with Crippen LogP contribution in [-0.2, 0) is 13.5 Å². The topological polar surface area (TPSA) is 67.3 Å². The zero-order valence-electron chi connectivity index (χ0n) is 11.1. The minimum Gasteiger partial charge on any atom is -0.396 e. The Labute approximate surface area is 103 Å². The van der Waals surface area contributed by atoms with Crippen molar-refractivity contribution in [3.8, 4) is 0 Å². The van der Waals surface area contributed by atoms with Gasteiger partial charge in [0, 0.05) is 27.2 Å². The smallest absolute Gasteiger partial charge is 0.150 e. The van der Waals surface area contributed by atoms with E-state index in [4.69, 9.17) is 10.8 Å². The van der Waals surface area contributed by atoms with Crippen LogP contribution in [0.25, 0.3) is 0 Å². The summed E-state index contributed by atoms with van der Waals surface area (Å²) in [6.45, 7) is 3.27. The van der Waals surface area contributed by atoms with Gasteiger partial charge in [0.25, 0.3) is 0 Å². The number of hydrogen-bond acceptors (Lipinski definition) is 4. The second-order valence-electron chi connectivity index (χ2n) is 4.37.